The van der Waals surface area contributed by atoms with Crippen LogP contribution < -0.4 is 5.32 Å². The number of nitrogens with one attached hydrogen (secondary N) is 1. The summed E-state index contributed by atoms with van der Waals surface area (Å²) in [7, 11) is 1.69. The van der Waals surface area contributed by atoms with Crippen molar-refractivity contribution in [1.29, 1.82) is 0 Å². The first-order valence-electron chi connectivity index (χ1n) is 6.48. The second-order valence-electron chi connectivity index (χ2n) is 4.89. The van der Waals surface area contributed by atoms with Gasteiger partial charge >= 0.3 is 0 Å². The highest BCUT2D eigenvalue weighted by atomic mass is 35.5. The van der Waals surface area contributed by atoms with E-state index >= 15 is 0 Å². The van der Waals surface area contributed by atoms with E-state index in [4.69, 9.17) is 23.2 Å². The molecular weight excluding hydrogens is 283 g/mol. The SMILES string of the molecule is CNC(=O)C1CCCN(Cc2c(Cl)cccc2Cl)C1. The van der Waals surface area contributed by atoms with Gasteiger partial charge in [-0.2, -0.15) is 0 Å². The zero-order valence-corrected chi connectivity index (χ0v) is 12.5. The summed E-state index contributed by atoms with van der Waals surface area (Å²) < 4.78 is 0. The molecule has 1 aliphatic rings. The number of rotatable bonds is 3. The number of benzene rings is 1. The van der Waals surface area contributed by atoms with Crippen LogP contribution in [0, 0.1) is 5.92 Å². The number of carbonyl (C=O) groups is 1. The quantitative estimate of drug-likeness (QED) is 0.931. The van der Waals surface area contributed by atoms with E-state index in [1.54, 1.807) is 7.05 Å². The molecule has 1 aliphatic heterocycles. The monoisotopic (exact) mass is 300 g/mol. The molecule has 19 heavy (non-hydrogen) atoms. The van der Waals surface area contributed by atoms with Gasteiger partial charge < -0.3 is 5.32 Å². The van der Waals surface area contributed by atoms with Crippen LogP contribution >= 0.6 is 23.2 Å². The maximum atomic E-state index is 11.7. The number of piperidine rings is 1. The van der Waals surface area contributed by atoms with E-state index in [2.05, 4.69) is 10.2 Å². The molecule has 0 aromatic heterocycles. The van der Waals surface area contributed by atoms with Crippen LogP contribution in [0.1, 0.15) is 18.4 Å². The lowest BCUT2D eigenvalue weighted by Crippen LogP contribution is -2.41. The topological polar surface area (TPSA) is 32.3 Å². The molecule has 0 saturated carbocycles. The maximum Gasteiger partial charge on any atom is 0.224 e. The van der Waals surface area contributed by atoms with Crippen molar-refractivity contribution >= 4 is 29.1 Å². The average molecular weight is 301 g/mol. The van der Waals surface area contributed by atoms with Gasteiger partial charge in [0, 0.05) is 35.7 Å². The summed E-state index contributed by atoms with van der Waals surface area (Å²) in [5, 5.41) is 4.10. The Morgan fingerprint density at radius 2 is 2.11 bits per heavy atom. The molecule has 1 fully saturated rings. The summed E-state index contributed by atoms with van der Waals surface area (Å²) in [4.78, 5) is 14.0. The Bertz CT molecular complexity index is 445. The molecule has 104 valence electrons. The Morgan fingerprint density at radius 1 is 1.42 bits per heavy atom. The van der Waals surface area contributed by atoms with E-state index in [1.165, 1.54) is 0 Å². The first-order chi connectivity index (χ1) is 9.11. The van der Waals surface area contributed by atoms with E-state index in [0.29, 0.717) is 16.6 Å². The van der Waals surface area contributed by atoms with Gasteiger partial charge in [0.15, 0.2) is 0 Å². The van der Waals surface area contributed by atoms with Crippen molar-refractivity contribution < 1.29 is 4.79 Å². The second kappa shape index (κ2) is 6.60. The zero-order valence-electron chi connectivity index (χ0n) is 11.0. The smallest absolute Gasteiger partial charge is 0.224 e. The summed E-state index contributed by atoms with van der Waals surface area (Å²) in [6, 6.07) is 5.55. The minimum atomic E-state index is 0.0695. The summed E-state index contributed by atoms with van der Waals surface area (Å²) in [5.74, 6) is 0.190. The van der Waals surface area contributed by atoms with E-state index in [0.717, 1.165) is 31.5 Å². The fourth-order valence-corrected chi connectivity index (χ4v) is 3.04. The Hall–Kier alpha value is -0.770. The van der Waals surface area contributed by atoms with E-state index in [9.17, 15) is 4.79 Å². The van der Waals surface area contributed by atoms with Crippen LogP contribution in [0.5, 0.6) is 0 Å². The Kier molecular flexibility index (Phi) is 5.08. The van der Waals surface area contributed by atoms with Gasteiger partial charge in [0.1, 0.15) is 0 Å². The largest absolute Gasteiger partial charge is 0.359 e. The molecule has 2 rings (SSSR count). The number of carbonyl (C=O) groups excluding carboxylic acids is 1. The molecule has 1 atom stereocenters. The van der Waals surface area contributed by atoms with Gasteiger partial charge in [-0.1, -0.05) is 29.3 Å². The average Bonchev–Trinajstić information content (AvgIpc) is 2.42. The third-order valence-electron chi connectivity index (χ3n) is 3.57. The Morgan fingerprint density at radius 3 is 2.74 bits per heavy atom. The summed E-state index contributed by atoms with van der Waals surface area (Å²) in [5.41, 5.74) is 0.948. The molecule has 1 N–H and O–H groups in total. The maximum absolute atomic E-state index is 11.7. The molecule has 1 unspecified atom stereocenters. The number of halogens is 2. The highest BCUT2D eigenvalue weighted by Crippen LogP contribution is 2.27. The predicted molar refractivity (Wildman–Crippen MR) is 78.5 cm³/mol. The van der Waals surface area contributed by atoms with Gasteiger partial charge in [-0.3, -0.25) is 9.69 Å². The molecule has 0 radical (unpaired) electrons. The number of amides is 1. The number of hydrogen-bond donors (Lipinski definition) is 1. The number of nitrogens with zero attached hydrogens (tertiary/aromatic N) is 1. The summed E-state index contributed by atoms with van der Waals surface area (Å²) in [6.45, 7) is 2.45. The fraction of sp³-hybridized carbons (Fsp3) is 0.500. The van der Waals surface area contributed by atoms with Gasteiger partial charge in [-0.05, 0) is 31.5 Å². The molecule has 0 aliphatic carbocycles. The van der Waals surface area contributed by atoms with Crippen molar-refractivity contribution in [2.75, 3.05) is 20.1 Å². The van der Waals surface area contributed by atoms with E-state index < -0.39 is 0 Å². The van der Waals surface area contributed by atoms with Crippen molar-refractivity contribution in [3.05, 3.63) is 33.8 Å². The van der Waals surface area contributed by atoms with Gasteiger partial charge in [0.2, 0.25) is 5.91 Å². The third kappa shape index (κ3) is 3.62. The van der Waals surface area contributed by atoms with Crippen molar-refractivity contribution in [3.63, 3.8) is 0 Å². The minimum absolute atomic E-state index is 0.0695. The fourth-order valence-electron chi connectivity index (χ4n) is 2.52. The van der Waals surface area contributed by atoms with Crippen molar-refractivity contribution in [3.8, 4) is 0 Å². The van der Waals surface area contributed by atoms with Crippen LogP contribution in [0.4, 0.5) is 0 Å². The molecule has 1 saturated heterocycles. The third-order valence-corrected chi connectivity index (χ3v) is 4.27. The molecule has 1 heterocycles. The Balaban J connectivity index is 2.05. The van der Waals surface area contributed by atoms with Gasteiger partial charge in [-0.15, -0.1) is 0 Å². The summed E-state index contributed by atoms with van der Waals surface area (Å²) in [6.07, 6.45) is 1.98. The highest BCUT2D eigenvalue weighted by molar-refractivity contribution is 6.35. The van der Waals surface area contributed by atoms with E-state index in [-0.39, 0.29) is 11.8 Å². The van der Waals surface area contributed by atoms with Crippen LogP contribution in [0.3, 0.4) is 0 Å². The minimum Gasteiger partial charge on any atom is -0.359 e. The van der Waals surface area contributed by atoms with Crippen molar-refractivity contribution in [2.24, 2.45) is 5.92 Å². The lowest BCUT2D eigenvalue weighted by Gasteiger charge is -2.32. The molecule has 1 amide bonds. The molecule has 1 aromatic carbocycles. The lowest BCUT2D eigenvalue weighted by molar-refractivity contribution is -0.126. The Labute approximate surface area is 123 Å². The number of hydrogen-bond acceptors (Lipinski definition) is 2. The summed E-state index contributed by atoms with van der Waals surface area (Å²) >= 11 is 12.4. The van der Waals surface area contributed by atoms with Crippen LogP contribution in [-0.4, -0.2) is 30.9 Å². The second-order valence-corrected chi connectivity index (χ2v) is 5.70. The zero-order chi connectivity index (χ0) is 13.8. The van der Waals surface area contributed by atoms with Gasteiger partial charge in [0.05, 0.1) is 5.92 Å². The van der Waals surface area contributed by atoms with Crippen LogP contribution in [0.2, 0.25) is 10.0 Å². The molecule has 3 nitrogen and oxygen atoms in total. The first kappa shape index (κ1) is 14.6. The standard InChI is InChI=1S/C14H18Cl2N2O/c1-17-14(19)10-4-3-7-18(8-10)9-11-12(15)5-2-6-13(11)16/h2,5-6,10H,3-4,7-9H2,1H3,(H,17,19). The number of likely N-dealkylation sites (tertiary alicyclic amines) is 1. The molecule has 0 bridgehead atoms. The first-order valence-corrected chi connectivity index (χ1v) is 7.24. The lowest BCUT2D eigenvalue weighted by atomic mass is 9.97. The molecule has 0 spiro atoms. The molecular formula is C14H18Cl2N2O. The van der Waals surface area contributed by atoms with E-state index in [1.807, 2.05) is 18.2 Å². The predicted octanol–water partition coefficient (Wildman–Crippen LogP) is 2.95. The highest BCUT2D eigenvalue weighted by Gasteiger charge is 2.25. The van der Waals surface area contributed by atoms with Gasteiger partial charge in [-0.25, -0.2) is 0 Å². The molecule has 1 aromatic rings. The van der Waals surface area contributed by atoms with Crippen LogP contribution in [0.25, 0.3) is 0 Å². The van der Waals surface area contributed by atoms with Crippen LogP contribution in [-0.2, 0) is 11.3 Å². The van der Waals surface area contributed by atoms with Crippen molar-refractivity contribution in [1.82, 2.24) is 10.2 Å². The van der Waals surface area contributed by atoms with Gasteiger partial charge in [0.25, 0.3) is 0 Å². The normalized spacial score (nSPS) is 20.3. The molecule has 5 heteroatoms. The van der Waals surface area contributed by atoms with Crippen molar-refractivity contribution in [2.45, 2.75) is 19.4 Å². The van der Waals surface area contributed by atoms with Crippen LogP contribution in [0.15, 0.2) is 18.2 Å².